The third-order valence-electron chi connectivity index (χ3n) is 6.17. The van der Waals surface area contributed by atoms with Gasteiger partial charge in [0.05, 0.1) is 0 Å². The van der Waals surface area contributed by atoms with E-state index in [2.05, 4.69) is 50.3 Å². The molecule has 0 nitrogen and oxygen atoms in total. The summed E-state index contributed by atoms with van der Waals surface area (Å²) in [5, 5.41) is 0. The maximum atomic E-state index is 2.49. The highest BCUT2D eigenvalue weighted by atomic mass is 14.4. The van der Waals surface area contributed by atoms with E-state index in [1.807, 2.05) is 0 Å². The lowest BCUT2D eigenvalue weighted by Crippen LogP contribution is -2.20. The zero-order valence-corrected chi connectivity index (χ0v) is 14.6. The molecule has 0 N–H and O–H groups in total. The van der Waals surface area contributed by atoms with Crippen LogP contribution in [-0.2, 0) is 0 Å². The van der Waals surface area contributed by atoms with Gasteiger partial charge in [-0.1, -0.05) is 61.3 Å². The van der Waals surface area contributed by atoms with E-state index in [0.717, 1.165) is 18.3 Å². The van der Waals surface area contributed by atoms with Gasteiger partial charge in [-0.2, -0.15) is 0 Å². The molecule has 0 aliphatic heterocycles. The monoisotopic (exact) mass is 304 g/mol. The number of rotatable bonds is 2. The van der Waals surface area contributed by atoms with Gasteiger partial charge in [-0.25, -0.2) is 0 Å². The summed E-state index contributed by atoms with van der Waals surface area (Å²) < 4.78 is 0. The maximum absolute atomic E-state index is 2.49. The number of hydrogen-bond acceptors (Lipinski definition) is 0. The topological polar surface area (TPSA) is 0 Å². The van der Waals surface area contributed by atoms with Crippen LogP contribution in [0.5, 0.6) is 0 Å². The third-order valence-corrected chi connectivity index (χ3v) is 6.17. The quantitative estimate of drug-likeness (QED) is 0.563. The predicted molar refractivity (Wildman–Crippen MR) is 99.4 cm³/mol. The van der Waals surface area contributed by atoms with Crippen molar-refractivity contribution in [3.63, 3.8) is 0 Å². The molecule has 1 fully saturated rings. The molecule has 0 heterocycles. The lowest BCUT2D eigenvalue weighted by atomic mass is 9.69. The molecule has 3 aliphatic carbocycles. The fraction of sp³-hybridized carbons (Fsp3) is 0.478. The van der Waals surface area contributed by atoms with Crippen LogP contribution in [0.2, 0.25) is 0 Å². The molecular formula is C23H28. The van der Waals surface area contributed by atoms with Gasteiger partial charge in [0.2, 0.25) is 0 Å². The summed E-state index contributed by atoms with van der Waals surface area (Å²) in [6.45, 7) is 4.56. The second-order valence-corrected chi connectivity index (χ2v) is 7.84. The Morgan fingerprint density at radius 2 is 1.70 bits per heavy atom. The molecule has 1 aromatic carbocycles. The van der Waals surface area contributed by atoms with Crippen molar-refractivity contribution < 1.29 is 0 Å². The number of fused-ring (bicyclic) bond motifs is 1. The molecule has 1 atom stereocenters. The third kappa shape index (κ3) is 2.84. The van der Waals surface area contributed by atoms with E-state index < -0.39 is 0 Å². The van der Waals surface area contributed by atoms with Crippen molar-refractivity contribution in [2.75, 3.05) is 0 Å². The van der Waals surface area contributed by atoms with Crippen LogP contribution in [0.4, 0.5) is 0 Å². The molecule has 1 aromatic rings. The Balaban J connectivity index is 1.70. The summed E-state index contributed by atoms with van der Waals surface area (Å²) in [6, 6.07) is 9.16. The van der Waals surface area contributed by atoms with Crippen molar-refractivity contribution in [2.24, 2.45) is 5.92 Å². The minimum atomic E-state index is 0.743. The van der Waals surface area contributed by atoms with E-state index in [9.17, 15) is 0 Å². The predicted octanol–water partition coefficient (Wildman–Crippen LogP) is 6.80. The molecule has 3 aliphatic rings. The Bertz CT molecular complexity index is 693. The Morgan fingerprint density at radius 3 is 2.43 bits per heavy atom. The fourth-order valence-electron chi connectivity index (χ4n) is 5.03. The van der Waals surface area contributed by atoms with Gasteiger partial charge in [-0.05, 0) is 79.2 Å². The average molecular weight is 304 g/mol. The molecule has 23 heavy (non-hydrogen) atoms. The molecule has 0 amide bonds. The van der Waals surface area contributed by atoms with Crippen LogP contribution in [0.3, 0.4) is 0 Å². The first kappa shape index (κ1) is 15.0. The van der Waals surface area contributed by atoms with Crippen LogP contribution in [0.15, 0.2) is 52.6 Å². The SMILES string of the molecule is CC1=CC(C)=C(C2=Cc3ccccc3C(C3CCCCC3)C2)C1. The van der Waals surface area contributed by atoms with Crippen LogP contribution in [0.25, 0.3) is 6.08 Å². The molecule has 0 aromatic heterocycles. The zero-order chi connectivity index (χ0) is 15.8. The smallest absolute Gasteiger partial charge is 0.00613 e. The minimum Gasteiger partial charge on any atom is -0.0686 e. The number of benzene rings is 1. The Morgan fingerprint density at radius 1 is 0.913 bits per heavy atom. The highest BCUT2D eigenvalue weighted by Crippen LogP contribution is 2.47. The fourth-order valence-corrected chi connectivity index (χ4v) is 5.03. The summed E-state index contributed by atoms with van der Waals surface area (Å²) in [5.41, 5.74) is 9.34. The van der Waals surface area contributed by atoms with Crippen molar-refractivity contribution in [1.82, 2.24) is 0 Å². The lowest BCUT2D eigenvalue weighted by Gasteiger charge is -2.35. The highest BCUT2D eigenvalue weighted by Gasteiger charge is 2.31. The van der Waals surface area contributed by atoms with Gasteiger partial charge in [0, 0.05) is 0 Å². The Hall–Kier alpha value is -1.56. The van der Waals surface area contributed by atoms with E-state index >= 15 is 0 Å². The van der Waals surface area contributed by atoms with Gasteiger partial charge < -0.3 is 0 Å². The second kappa shape index (κ2) is 6.15. The van der Waals surface area contributed by atoms with Gasteiger partial charge >= 0.3 is 0 Å². The molecular weight excluding hydrogens is 276 g/mol. The molecule has 0 saturated heterocycles. The lowest BCUT2D eigenvalue weighted by molar-refractivity contribution is 0.301. The second-order valence-electron chi connectivity index (χ2n) is 7.84. The van der Waals surface area contributed by atoms with Crippen LogP contribution in [0, 0.1) is 5.92 Å². The summed E-state index contributed by atoms with van der Waals surface area (Å²) in [5.74, 6) is 1.64. The molecule has 4 rings (SSSR count). The normalized spacial score (nSPS) is 25.2. The largest absolute Gasteiger partial charge is 0.0686 e. The van der Waals surface area contributed by atoms with Crippen LogP contribution < -0.4 is 0 Å². The average Bonchev–Trinajstić information content (AvgIpc) is 2.93. The molecule has 0 radical (unpaired) electrons. The van der Waals surface area contributed by atoms with Gasteiger partial charge in [-0.15, -0.1) is 0 Å². The van der Waals surface area contributed by atoms with Crippen LogP contribution >= 0.6 is 0 Å². The van der Waals surface area contributed by atoms with Gasteiger partial charge in [0.15, 0.2) is 0 Å². The molecule has 1 unspecified atom stereocenters. The molecule has 0 heteroatoms. The standard InChI is InChI=1S/C23H28/c1-16-12-17(2)22(13-16)20-14-19-10-6-7-11-21(19)23(15-20)18-8-4-3-5-9-18/h6-7,10-12,14,18,23H,3-5,8-9,13,15H2,1-2H3. The summed E-state index contributed by atoms with van der Waals surface area (Å²) in [6.07, 6.45) is 14.5. The van der Waals surface area contributed by atoms with E-state index in [-0.39, 0.29) is 0 Å². The molecule has 120 valence electrons. The molecule has 0 bridgehead atoms. The number of hydrogen-bond donors (Lipinski definition) is 0. The van der Waals surface area contributed by atoms with Crippen molar-refractivity contribution in [1.29, 1.82) is 0 Å². The van der Waals surface area contributed by atoms with Crippen molar-refractivity contribution in [2.45, 2.75) is 64.7 Å². The first-order chi connectivity index (χ1) is 11.2. The number of allylic oxidation sites excluding steroid dienone is 5. The first-order valence-electron chi connectivity index (χ1n) is 9.39. The first-order valence-corrected chi connectivity index (χ1v) is 9.39. The Kier molecular flexibility index (Phi) is 4.01. The van der Waals surface area contributed by atoms with Crippen LogP contribution in [0.1, 0.15) is 75.8 Å². The molecule has 0 spiro atoms. The Labute approximate surface area is 141 Å². The highest BCUT2D eigenvalue weighted by molar-refractivity contribution is 5.67. The maximum Gasteiger partial charge on any atom is -0.00613 e. The van der Waals surface area contributed by atoms with E-state index in [4.69, 9.17) is 0 Å². The van der Waals surface area contributed by atoms with E-state index in [0.29, 0.717) is 0 Å². The van der Waals surface area contributed by atoms with E-state index in [1.165, 1.54) is 55.2 Å². The van der Waals surface area contributed by atoms with Crippen LogP contribution in [-0.4, -0.2) is 0 Å². The summed E-state index contributed by atoms with van der Waals surface area (Å²) in [4.78, 5) is 0. The van der Waals surface area contributed by atoms with Gasteiger partial charge in [-0.3, -0.25) is 0 Å². The summed E-state index contributed by atoms with van der Waals surface area (Å²) in [7, 11) is 0. The van der Waals surface area contributed by atoms with Gasteiger partial charge in [0.1, 0.15) is 0 Å². The minimum absolute atomic E-state index is 0.743. The summed E-state index contributed by atoms with van der Waals surface area (Å²) >= 11 is 0. The van der Waals surface area contributed by atoms with E-state index in [1.54, 1.807) is 16.7 Å². The van der Waals surface area contributed by atoms with Gasteiger partial charge in [0.25, 0.3) is 0 Å². The van der Waals surface area contributed by atoms with Crippen molar-refractivity contribution >= 4 is 6.08 Å². The van der Waals surface area contributed by atoms with Crippen molar-refractivity contribution in [3.8, 4) is 0 Å². The van der Waals surface area contributed by atoms with Crippen molar-refractivity contribution in [3.05, 3.63) is 63.8 Å². The molecule has 1 saturated carbocycles. The zero-order valence-electron chi connectivity index (χ0n) is 14.6.